The summed E-state index contributed by atoms with van der Waals surface area (Å²) in [5.74, 6) is 0. The van der Waals surface area contributed by atoms with Gasteiger partial charge < -0.3 is 19.2 Å². The lowest BCUT2D eigenvalue weighted by Crippen LogP contribution is -2.45. The predicted molar refractivity (Wildman–Crippen MR) is 72.0 cm³/mol. The second-order valence-corrected chi connectivity index (χ2v) is 11.3. The second-order valence-electron chi connectivity index (χ2n) is 5.73. The zero-order valence-corrected chi connectivity index (χ0v) is 13.9. The molecule has 0 aromatic rings. The number of hydrogen-bond donors (Lipinski definition) is 2. The molecule has 0 aliphatic carbocycles. The Hall–Kier alpha value is 0.247. The predicted octanol–water partition coefficient (Wildman–Crippen LogP) is 2.09. The molecule has 6 nitrogen and oxygen atoms in total. The summed E-state index contributed by atoms with van der Waals surface area (Å²) < 4.78 is 26.3. The Bertz CT molecular complexity index is 276. The molecule has 0 spiro atoms. The molecular formula is C10H25O6PSi. The monoisotopic (exact) mass is 300 g/mol. The average Bonchev–Trinajstić information content (AvgIpc) is 2.10. The van der Waals surface area contributed by atoms with Gasteiger partial charge in [0.25, 0.3) is 6.48 Å². The first-order chi connectivity index (χ1) is 7.95. The van der Waals surface area contributed by atoms with E-state index in [9.17, 15) is 4.57 Å². The van der Waals surface area contributed by atoms with E-state index >= 15 is 0 Å². The Morgan fingerprint density at radius 3 is 2.17 bits per heavy atom. The molecule has 0 radical (unpaired) electrons. The third kappa shape index (κ3) is 6.99. The van der Waals surface area contributed by atoms with Gasteiger partial charge in [-0.05, 0) is 25.1 Å². The SMILES string of the molecule is CC(O)COC(O[PH](=O)O)O[Si](C)(C)C(C)(C)C. The van der Waals surface area contributed by atoms with Crippen LogP contribution in [-0.4, -0.2) is 37.5 Å². The van der Waals surface area contributed by atoms with Gasteiger partial charge in [0.05, 0.1) is 12.7 Å². The standard InChI is InChI=1S/C10H25O6PSi/c1-8(11)7-14-9(15-17(12)13)16-18(5,6)10(2,3)4/h8-9,11,17H,7H2,1-6H3,(H,12,13). The van der Waals surface area contributed by atoms with E-state index in [-0.39, 0.29) is 11.6 Å². The lowest BCUT2D eigenvalue weighted by Gasteiger charge is -2.38. The van der Waals surface area contributed by atoms with Crippen molar-refractivity contribution in [3.63, 3.8) is 0 Å². The molecular weight excluding hydrogens is 275 g/mol. The molecule has 18 heavy (non-hydrogen) atoms. The molecule has 0 amide bonds. The summed E-state index contributed by atoms with van der Waals surface area (Å²) in [6.45, 7) is 10.4. The molecule has 110 valence electrons. The molecule has 3 unspecified atom stereocenters. The summed E-state index contributed by atoms with van der Waals surface area (Å²) in [5, 5.41) is 9.06. The van der Waals surface area contributed by atoms with Gasteiger partial charge >= 0.3 is 8.25 Å². The lowest BCUT2D eigenvalue weighted by atomic mass is 10.2. The maximum atomic E-state index is 10.7. The Kier molecular flexibility index (Phi) is 7.24. The van der Waals surface area contributed by atoms with Crippen LogP contribution in [0.3, 0.4) is 0 Å². The van der Waals surface area contributed by atoms with Crippen molar-refractivity contribution in [3.8, 4) is 0 Å². The summed E-state index contributed by atoms with van der Waals surface area (Å²) in [4.78, 5) is 8.80. The highest BCUT2D eigenvalue weighted by molar-refractivity contribution is 7.32. The van der Waals surface area contributed by atoms with Gasteiger partial charge in [0.15, 0.2) is 8.32 Å². The normalized spacial score (nSPS) is 18.4. The van der Waals surface area contributed by atoms with Gasteiger partial charge in [-0.1, -0.05) is 20.8 Å². The minimum Gasteiger partial charge on any atom is -0.391 e. The van der Waals surface area contributed by atoms with Crippen molar-refractivity contribution in [2.24, 2.45) is 0 Å². The Balaban J connectivity index is 4.62. The van der Waals surface area contributed by atoms with Crippen molar-refractivity contribution < 1.29 is 28.3 Å². The zero-order chi connectivity index (χ0) is 14.6. The molecule has 0 aromatic heterocycles. The summed E-state index contributed by atoms with van der Waals surface area (Å²) in [6.07, 6.45) is -0.694. The molecule has 0 aliphatic rings. The first kappa shape index (κ1) is 18.2. The van der Waals surface area contributed by atoms with E-state index in [0.29, 0.717) is 0 Å². The molecule has 3 atom stereocenters. The van der Waals surface area contributed by atoms with Gasteiger partial charge in [-0.25, -0.2) is 0 Å². The van der Waals surface area contributed by atoms with Crippen LogP contribution in [0.1, 0.15) is 27.7 Å². The van der Waals surface area contributed by atoms with Crippen LogP contribution in [0.4, 0.5) is 0 Å². The van der Waals surface area contributed by atoms with E-state index in [1.807, 2.05) is 33.9 Å². The minimum atomic E-state index is -3.16. The molecule has 0 aromatic carbocycles. The first-order valence-electron chi connectivity index (χ1n) is 5.83. The highest BCUT2D eigenvalue weighted by atomic mass is 31.1. The quantitative estimate of drug-likeness (QED) is 0.425. The van der Waals surface area contributed by atoms with Crippen LogP contribution in [-0.2, 0) is 18.3 Å². The average molecular weight is 300 g/mol. The second kappa shape index (κ2) is 7.14. The number of rotatable bonds is 7. The molecule has 0 rings (SSSR count). The third-order valence-electron chi connectivity index (χ3n) is 2.87. The van der Waals surface area contributed by atoms with E-state index in [1.165, 1.54) is 0 Å². The molecule has 0 aliphatic heterocycles. The van der Waals surface area contributed by atoms with Crippen LogP contribution in [0.2, 0.25) is 18.1 Å². The number of aliphatic hydroxyl groups is 1. The van der Waals surface area contributed by atoms with Crippen LogP contribution in [0, 0.1) is 0 Å². The van der Waals surface area contributed by atoms with Crippen molar-refractivity contribution in [2.75, 3.05) is 6.61 Å². The van der Waals surface area contributed by atoms with Gasteiger partial charge in [0, 0.05) is 0 Å². The maximum Gasteiger partial charge on any atom is 0.320 e. The Morgan fingerprint density at radius 2 is 1.83 bits per heavy atom. The molecule has 0 saturated carbocycles. The highest BCUT2D eigenvalue weighted by Crippen LogP contribution is 2.38. The van der Waals surface area contributed by atoms with Gasteiger partial charge in [-0.2, -0.15) is 0 Å². The Morgan fingerprint density at radius 1 is 1.33 bits per heavy atom. The van der Waals surface area contributed by atoms with Crippen LogP contribution < -0.4 is 0 Å². The lowest BCUT2D eigenvalue weighted by molar-refractivity contribution is -0.215. The highest BCUT2D eigenvalue weighted by Gasteiger charge is 2.40. The van der Waals surface area contributed by atoms with Crippen LogP contribution in [0.15, 0.2) is 0 Å². The minimum absolute atomic E-state index is 0.0194. The summed E-state index contributed by atoms with van der Waals surface area (Å²) in [7, 11) is -5.33. The molecule has 0 heterocycles. The van der Waals surface area contributed by atoms with Crippen LogP contribution in [0.25, 0.3) is 0 Å². The van der Waals surface area contributed by atoms with E-state index < -0.39 is 29.2 Å². The Labute approximate surface area is 110 Å². The van der Waals surface area contributed by atoms with Gasteiger partial charge in [-0.3, -0.25) is 9.09 Å². The van der Waals surface area contributed by atoms with Crippen molar-refractivity contribution in [1.29, 1.82) is 0 Å². The number of aliphatic hydroxyl groups excluding tert-OH is 1. The van der Waals surface area contributed by atoms with Gasteiger partial charge in [-0.15, -0.1) is 0 Å². The number of ether oxygens (including phenoxy) is 1. The zero-order valence-electron chi connectivity index (χ0n) is 11.9. The van der Waals surface area contributed by atoms with Crippen molar-refractivity contribution in [3.05, 3.63) is 0 Å². The topological polar surface area (TPSA) is 85.2 Å². The first-order valence-corrected chi connectivity index (χ1v) is 10.00. The summed E-state index contributed by atoms with van der Waals surface area (Å²) >= 11 is 0. The third-order valence-corrected chi connectivity index (χ3v) is 7.66. The molecule has 8 heteroatoms. The molecule has 0 fully saturated rings. The van der Waals surface area contributed by atoms with E-state index in [1.54, 1.807) is 6.92 Å². The van der Waals surface area contributed by atoms with E-state index in [2.05, 4.69) is 0 Å². The molecule has 0 saturated heterocycles. The van der Waals surface area contributed by atoms with Crippen molar-refractivity contribution in [2.45, 2.75) is 58.4 Å². The fourth-order valence-corrected chi connectivity index (χ4v) is 2.14. The fourth-order valence-electron chi connectivity index (χ4n) is 0.810. The summed E-state index contributed by atoms with van der Waals surface area (Å²) in [5.41, 5.74) is 0. The van der Waals surface area contributed by atoms with E-state index in [0.717, 1.165) is 0 Å². The van der Waals surface area contributed by atoms with Gasteiger partial charge in [0.1, 0.15) is 0 Å². The summed E-state index contributed by atoms with van der Waals surface area (Å²) in [6, 6.07) is 0. The number of hydrogen-bond acceptors (Lipinski definition) is 5. The smallest absolute Gasteiger partial charge is 0.320 e. The van der Waals surface area contributed by atoms with E-state index in [4.69, 9.17) is 23.7 Å². The molecule has 0 bridgehead atoms. The van der Waals surface area contributed by atoms with Crippen LogP contribution in [0.5, 0.6) is 0 Å². The maximum absolute atomic E-state index is 10.7. The largest absolute Gasteiger partial charge is 0.391 e. The van der Waals surface area contributed by atoms with Crippen LogP contribution >= 0.6 is 8.25 Å². The fraction of sp³-hybridized carbons (Fsp3) is 1.00. The van der Waals surface area contributed by atoms with Gasteiger partial charge in [0.2, 0.25) is 0 Å². The van der Waals surface area contributed by atoms with Crippen molar-refractivity contribution in [1.82, 2.24) is 0 Å². The molecule has 2 N–H and O–H groups in total. The van der Waals surface area contributed by atoms with Crippen molar-refractivity contribution >= 4 is 16.6 Å².